The predicted molar refractivity (Wildman–Crippen MR) is 76.9 cm³/mol. The van der Waals surface area contributed by atoms with Crippen molar-refractivity contribution in [1.82, 2.24) is 5.32 Å². The highest BCUT2D eigenvalue weighted by molar-refractivity contribution is 5.70. The Morgan fingerprint density at radius 3 is 2.70 bits per heavy atom. The number of nitrogens with one attached hydrogen (secondary N) is 1. The van der Waals surface area contributed by atoms with Crippen LogP contribution in [0.25, 0.3) is 0 Å². The fraction of sp³-hybridized carbons (Fsp3) is 0.533. The van der Waals surface area contributed by atoms with E-state index < -0.39 is 0 Å². The van der Waals surface area contributed by atoms with Crippen LogP contribution in [0.4, 0.5) is 0 Å². The molecule has 0 aliphatic carbocycles. The number of ether oxygens (including phenoxy) is 3. The molecule has 0 spiro atoms. The molecule has 0 saturated carbocycles. The molecule has 0 radical (unpaired) electrons. The van der Waals surface area contributed by atoms with Crippen LogP contribution < -0.4 is 10.1 Å². The van der Waals surface area contributed by atoms with Crippen molar-refractivity contribution in [3.63, 3.8) is 0 Å². The molecular weight excluding hydrogens is 258 g/mol. The number of hydrogen-bond donors (Lipinski definition) is 1. The SMILES string of the molecule is CCOC(=O)COCCNCCCOc1ccccc1. The van der Waals surface area contributed by atoms with E-state index in [1.807, 2.05) is 30.3 Å². The summed E-state index contributed by atoms with van der Waals surface area (Å²) >= 11 is 0. The van der Waals surface area contributed by atoms with Gasteiger partial charge in [0.2, 0.25) is 0 Å². The van der Waals surface area contributed by atoms with E-state index >= 15 is 0 Å². The van der Waals surface area contributed by atoms with Gasteiger partial charge in [0, 0.05) is 6.54 Å². The molecule has 20 heavy (non-hydrogen) atoms. The third-order valence-corrected chi connectivity index (χ3v) is 2.46. The molecular formula is C15H23NO4. The van der Waals surface area contributed by atoms with Gasteiger partial charge in [0.15, 0.2) is 0 Å². The molecule has 0 unspecified atom stereocenters. The monoisotopic (exact) mass is 281 g/mol. The van der Waals surface area contributed by atoms with Crippen molar-refractivity contribution in [3.05, 3.63) is 30.3 Å². The summed E-state index contributed by atoms with van der Waals surface area (Å²) in [6.45, 7) is 4.94. The lowest BCUT2D eigenvalue weighted by Gasteiger charge is -2.07. The van der Waals surface area contributed by atoms with E-state index in [2.05, 4.69) is 5.32 Å². The minimum atomic E-state index is -0.316. The largest absolute Gasteiger partial charge is 0.494 e. The van der Waals surface area contributed by atoms with Crippen LogP contribution >= 0.6 is 0 Å². The fourth-order valence-corrected chi connectivity index (χ4v) is 1.53. The number of para-hydroxylation sites is 1. The molecule has 0 aliphatic heterocycles. The Bertz CT molecular complexity index is 356. The van der Waals surface area contributed by atoms with Gasteiger partial charge in [-0.15, -0.1) is 0 Å². The van der Waals surface area contributed by atoms with E-state index in [4.69, 9.17) is 14.2 Å². The van der Waals surface area contributed by atoms with Crippen molar-refractivity contribution < 1.29 is 19.0 Å². The third kappa shape index (κ3) is 8.50. The Balaban J connectivity index is 1.84. The maximum Gasteiger partial charge on any atom is 0.332 e. The quantitative estimate of drug-likeness (QED) is 0.493. The predicted octanol–water partition coefficient (Wildman–Crippen LogP) is 1.62. The van der Waals surface area contributed by atoms with Crippen molar-refractivity contribution in [2.24, 2.45) is 0 Å². The second kappa shape index (κ2) is 11.3. The van der Waals surface area contributed by atoms with E-state index in [1.54, 1.807) is 6.92 Å². The molecule has 5 heteroatoms. The van der Waals surface area contributed by atoms with Crippen LogP contribution in [0.3, 0.4) is 0 Å². The molecule has 112 valence electrons. The zero-order chi connectivity index (χ0) is 14.5. The lowest BCUT2D eigenvalue weighted by molar-refractivity contribution is -0.148. The third-order valence-electron chi connectivity index (χ3n) is 2.46. The maximum atomic E-state index is 11.0. The second-order valence-electron chi connectivity index (χ2n) is 4.12. The van der Waals surface area contributed by atoms with Crippen LogP contribution in [0, 0.1) is 0 Å². The minimum Gasteiger partial charge on any atom is -0.494 e. The molecule has 0 atom stereocenters. The van der Waals surface area contributed by atoms with E-state index in [-0.39, 0.29) is 12.6 Å². The van der Waals surface area contributed by atoms with Crippen molar-refractivity contribution in [2.75, 3.05) is 39.5 Å². The van der Waals surface area contributed by atoms with Gasteiger partial charge < -0.3 is 19.5 Å². The smallest absolute Gasteiger partial charge is 0.332 e. The average Bonchev–Trinajstić information content (AvgIpc) is 2.47. The lowest BCUT2D eigenvalue weighted by atomic mass is 10.3. The second-order valence-corrected chi connectivity index (χ2v) is 4.12. The van der Waals surface area contributed by atoms with E-state index in [9.17, 15) is 4.79 Å². The van der Waals surface area contributed by atoms with Gasteiger partial charge in [-0.2, -0.15) is 0 Å². The molecule has 0 heterocycles. The van der Waals surface area contributed by atoms with Gasteiger partial charge in [0.1, 0.15) is 12.4 Å². The standard InChI is InChI=1S/C15H23NO4/c1-2-19-15(17)13-18-12-10-16-9-6-11-20-14-7-4-3-5-8-14/h3-5,7-8,16H,2,6,9-13H2,1H3. The molecule has 1 aromatic carbocycles. The maximum absolute atomic E-state index is 11.0. The minimum absolute atomic E-state index is 0.0205. The molecule has 5 nitrogen and oxygen atoms in total. The Hall–Kier alpha value is -1.59. The number of esters is 1. The van der Waals surface area contributed by atoms with Crippen LogP contribution in [0.1, 0.15) is 13.3 Å². The molecule has 1 N–H and O–H groups in total. The summed E-state index contributed by atoms with van der Waals surface area (Å²) in [5, 5.41) is 3.22. The summed E-state index contributed by atoms with van der Waals surface area (Å²) in [5.74, 6) is 0.578. The van der Waals surface area contributed by atoms with Crippen molar-refractivity contribution >= 4 is 5.97 Å². The average molecular weight is 281 g/mol. The van der Waals surface area contributed by atoms with Crippen molar-refractivity contribution in [1.29, 1.82) is 0 Å². The fourth-order valence-electron chi connectivity index (χ4n) is 1.53. The highest BCUT2D eigenvalue weighted by Gasteiger charge is 2.00. The van der Waals surface area contributed by atoms with Gasteiger partial charge in [0.25, 0.3) is 0 Å². The highest BCUT2D eigenvalue weighted by Crippen LogP contribution is 2.07. The van der Waals surface area contributed by atoms with E-state index in [0.29, 0.717) is 26.4 Å². The van der Waals surface area contributed by atoms with Gasteiger partial charge >= 0.3 is 5.97 Å². The number of hydrogen-bond acceptors (Lipinski definition) is 5. The topological polar surface area (TPSA) is 56.8 Å². The Morgan fingerprint density at radius 1 is 1.15 bits per heavy atom. The summed E-state index contributed by atoms with van der Waals surface area (Å²) in [4.78, 5) is 11.0. The Morgan fingerprint density at radius 2 is 1.95 bits per heavy atom. The molecule has 0 fully saturated rings. The summed E-state index contributed by atoms with van der Waals surface area (Å²) in [6, 6.07) is 9.75. The Labute approximate surface area is 120 Å². The summed E-state index contributed by atoms with van der Waals surface area (Å²) in [6.07, 6.45) is 0.923. The molecule has 0 amide bonds. The van der Waals surface area contributed by atoms with Crippen LogP contribution in [-0.2, 0) is 14.3 Å². The summed E-state index contributed by atoms with van der Waals surface area (Å²) < 4.78 is 15.5. The first-order valence-corrected chi connectivity index (χ1v) is 6.95. The highest BCUT2D eigenvalue weighted by atomic mass is 16.6. The van der Waals surface area contributed by atoms with Gasteiger partial charge in [0.05, 0.1) is 19.8 Å². The normalized spacial score (nSPS) is 10.2. The van der Waals surface area contributed by atoms with Gasteiger partial charge in [-0.05, 0) is 32.0 Å². The van der Waals surface area contributed by atoms with Gasteiger partial charge in [-0.3, -0.25) is 0 Å². The van der Waals surface area contributed by atoms with Crippen LogP contribution in [0.5, 0.6) is 5.75 Å². The van der Waals surface area contributed by atoms with Crippen LogP contribution in [0.15, 0.2) is 30.3 Å². The molecule has 0 aromatic heterocycles. The first-order chi connectivity index (χ1) is 9.83. The molecule has 1 aromatic rings. The molecule has 1 rings (SSSR count). The Kier molecular flexibility index (Phi) is 9.26. The van der Waals surface area contributed by atoms with Gasteiger partial charge in [-0.1, -0.05) is 18.2 Å². The van der Waals surface area contributed by atoms with Crippen molar-refractivity contribution in [2.45, 2.75) is 13.3 Å². The van der Waals surface area contributed by atoms with E-state index in [0.717, 1.165) is 18.7 Å². The number of carbonyl (C=O) groups is 1. The molecule has 0 bridgehead atoms. The summed E-state index contributed by atoms with van der Waals surface area (Å²) in [5.41, 5.74) is 0. The zero-order valence-corrected chi connectivity index (χ0v) is 12.0. The van der Waals surface area contributed by atoms with Crippen LogP contribution in [-0.4, -0.2) is 45.5 Å². The zero-order valence-electron chi connectivity index (χ0n) is 12.0. The number of benzene rings is 1. The lowest BCUT2D eigenvalue weighted by Crippen LogP contribution is -2.24. The van der Waals surface area contributed by atoms with Crippen molar-refractivity contribution in [3.8, 4) is 5.75 Å². The number of carbonyl (C=O) groups excluding carboxylic acids is 1. The molecule has 0 aliphatic rings. The van der Waals surface area contributed by atoms with E-state index in [1.165, 1.54) is 0 Å². The van der Waals surface area contributed by atoms with Crippen LogP contribution in [0.2, 0.25) is 0 Å². The first kappa shape index (κ1) is 16.5. The summed E-state index contributed by atoms with van der Waals surface area (Å²) in [7, 11) is 0. The molecule has 0 saturated heterocycles. The van der Waals surface area contributed by atoms with Gasteiger partial charge in [-0.25, -0.2) is 4.79 Å². The number of rotatable bonds is 11. The first-order valence-electron chi connectivity index (χ1n) is 6.95.